The van der Waals surface area contributed by atoms with Crippen molar-refractivity contribution >= 4 is 22.2 Å². The third-order valence-electron chi connectivity index (χ3n) is 5.11. The molecule has 0 amide bonds. The van der Waals surface area contributed by atoms with Gasteiger partial charge in [0, 0.05) is 24.9 Å². The molecule has 1 unspecified atom stereocenters. The third-order valence-corrected chi connectivity index (χ3v) is 6.91. The number of anilines is 1. The molecule has 0 saturated heterocycles. The molecule has 1 atom stereocenters. The van der Waals surface area contributed by atoms with E-state index in [9.17, 15) is 13.2 Å². The molecule has 0 saturated carbocycles. The molecule has 33 heavy (non-hydrogen) atoms. The van der Waals surface area contributed by atoms with E-state index in [1.165, 1.54) is 4.31 Å². The van der Waals surface area contributed by atoms with Gasteiger partial charge in [0.25, 0.3) is 16.5 Å². The van der Waals surface area contributed by atoms with E-state index in [1.807, 2.05) is 51.1 Å². The summed E-state index contributed by atoms with van der Waals surface area (Å²) in [6, 6.07) is 15.7. The molecule has 7 nitrogen and oxygen atoms in total. The summed E-state index contributed by atoms with van der Waals surface area (Å²) in [5.74, 6) is 0.366. The predicted molar refractivity (Wildman–Crippen MR) is 127 cm³/mol. The molecule has 2 aromatic carbocycles. The Kier molecular flexibility index (Phi) is 8.06. The first-order valence-electron chi connectivity index (χ1n) is 10.6. The van der Waals surface area contributed by atoms with Crippen molar-refractivity contribution in [2.45, 2.75) is 32.3 Å². The number of hydrogen-bond donors (Lipinski definition) is 0. The summed E-state index contributed by atoms with van der Waals surface area (Å²) in [6.45, 7) is 6.71. The zero-order valence-corrected chi connectivity index (χ0v) is 19.8. The average Bonchev–Trinajstić information content (AvgIpc) is 2.81. The smallest absolute Gasteiger partial charge is 0.293 e. The van der Waals surface area contributed by atoms with Crippen molar-refractivity contribution in [2.24, 2.45) is 5.92 Å². The summed E-state index contributed by atoms with van der Waals surface area (Å²) in [7, 11) is -3.87. The number of nitrogens with zero attached hydrogens (tertiary/aromatic N) is 2. The van der Waals surface area contributed by atoms with Crippen LogP contribution in [0.25, 0.3) is 0 Å². The number of carbonyl (C=O) groups excluding carboxylic acids is 1. The molecular weight excluding hydrogens is 440 g/mol. The first-order valence-corrected chi connectivity index (χ1v) is 12.0. The molecule has 0 aliphatic carbocycles. The van der Waals surface area contributed by atoms with Gasteiger partial charge >= 0.3 is 0 Å². The molecule has 0 bridgehead atoms. The molecule has 1 aromatic heterocycles. The summed E-state index contributed by atoms with van der Waals surface area (Å²) in [4.78, 5) is 14.7. The summed E-state index contributed by atoms with van der Waals surface area (Å²) in [6.07, 6.45) is 3.38. The van der Waals surface area contributed by atoms with Crippen molar-refractivity contribution < 1.29 is 22.7 Å². The number of sulfonamides is 1. The molecule has 0 aliphatic heterocycles. The highest BCUT2D eigenvalue weighted by molar-refractivity contribution is 7.92. The number of benzene rings is 2. The van der Waals surface area contributed by atoms with Gasteiger partial charge in [-0.05, 0) is 67.4 Å². The second-order valence-electron chi connectivity index (χ2n) is 7.98. The molecule has 0 aliphatic rings. The van der Waals surface area contributed by atoms with Crippen LogP contribution in [0.4, 0.5) is 5.69 Å². The number of aromatic nitrogens is 1. The maximum atomic E-state index is 13.6. The van der Waals surface area contributed by atoms with Crippen LogP contribution in [0.2, 0.25) is 0 Å². The van der Waals surface area contributed by atoms with E-state index in [0.29, 0.717) is 24.5 Å². The van der Waals surface area contributed by atoms with Crippen LogP contribution in [-0.2, 0) is 26.2 Å². The molecule has 0 N–H and O–H groups in total. The molecule has 0 radical (unpaired) electrons. The first-order chi connectivity index (χ1) is 15.8. The van der Waals surface area contributed by atoms with E-state index in [-0.39, 0.29) is 24.0 Å². The minimum absolute atomic E-state index is 0.127. The second kappa shape index (κ2) is 11.0. The molecule has 174 valence electrons. The number of aryl methyl sites for hydroxylation is 2. The van der Waals surface area contributed by atoms with Gasteiger partial charge in [-0.1, -0.05) is 24.6 Å². The van der Waals surface area contributed by atoms with Crippen LogP contribution < -0.4 is 9.04 Å². The lowest BCUT2D eigenvalue weighted by molar-refractivity contribution is -0.129. The maximum Gasteiger partial charge on any atom is 0.293 e. The number of pyridine rings is 1. The van der Waals surface area contributed by atoms with Crippen molar-refractivity contribution in [1.29, 1.82) is 0 Å². The van der Waals surface area contributed by atoms with Gasteiger partial charge < -0.3 is 9.47 Å². The minimum Gasteiger partial charge on any atom is -0.489 e. The van der Waals surface area contributed by atoms with Gasteiger partial charge in [0.05, 0.1) is 17.2 Å². The van der Waals surface area contributed by atoms with Gasteiger partial charge in [-0.2, -0.15) is 0 Å². The normalized spacial score (nSPS) is 12.1. The van der Waals surface area contributed by atoms with E-state index in [0.717, 1.165) is 16.7 Å². The Bertz CT molecular complexity index is 1170. The van der Waals surface area contributed by atoms with Crippen LogP contribution >= 0.6 is 0 Å². The van der Waals surface area contributed by atoms with Crippen molar-refractivity contribution in [2.75, 3.05) is 17.5 Å². The highest BCUT2D eigenvalue weighted by atomic mass is 32.2. The lowest BCUT2D eigenvalue weighted by Crippen LogP contribution is -2.36. The van der Waals surface area contributed by atoms with E-state index >= 15 is 0 Å². The van der Waals surface area contributed by atoms with Crippen LogP contribution in [0, 0.1) is 19.8 Å². The van der Waals surface area contributed by atoms with E-state index in [4.69, 9.17) is 9.47 Å². The van der Waals surface area contributed by atoms with Gasteiger partial charge in [-0.25, -0.2) is 8.42 Å². The Hall–Kier alpha value is -3.39. The summed E-state index contributed by atoms with van der Waals surface area (Å²) < 4.78 is 39.3. The second-order valence-corrected chi connectivity index (χ2v) is 9.84. The Balaban J connectivity index is 1.86. The zero-order valence-electron chi connectivity index (χ0n) is 19.0. The first kappa shape index (κ1) is 24.3. The topological polar surface area (TPSA) is 85.8 Å². The number of hydrogen-bond acceptors (Lipinski definition) is 6. The minimum atomic E-state index is -3.87. The largest absolute Gasteiger partial charge is 0.489 e. The molecular formula is C25H28N2O5S. The van der Waals surface area contributed by atoms with Crippen molar-refractivity contribution in [3.63, 3.8) is 0 Å². The molecule has 0 spiro atoms. The SMILES string of the molecule is Cc1ccc(N(CC(C)COC=O)S(=O)(=O)c2ccc(OCc3ccncc3)cc2)c(C)c1. The third kappa shape index (κ3) is 6.32. The molecule has 3 rings (SSSR count). The fourth-order valence-electron chi connectivity index (χ4n) is 3.43. The van der Waals surface area contributed by atoms with Gasteiger partial charge in [0.1, 0.15) is 12.4 Å². The molecule has 0 fully saturated rings. The van der Waals surface area contributed by atoms with Crippen LogP contribution in [0.15, 0.2) is 71.9 Å². The van der Waals surface area contributed by atoms with Crippen LogP contribution in [0.3, 0.4) is 0 Å². The summed E-state index contributed by atoms with van der Waals surface area (Å²) >= 11 is 0. The van der Waals surface area contributed by atoms with Gasteiger partial charge in [0.15, 0.2) is 0 Å². The van der Waals surface area contributed by atoms with Crippen LogP contribution in [-0.4, -0.2) is 33.0 Å². The number of ether oxygens (including phenoxy) is 2. The number of rotatable bonds is 11. The predicted octanol–water partition coefficient (Wildman–Crippen LogP) is 4.28. The lowest BCUT2D eigenvalue weighted by atomic mass is 10.1. The average molecular weight is 469 g/mol. The van der Waals surface area contributed by atoms with Gasteiger partial charge in [-0.15, -0.1) is 0 Å². The van der Waals surface area contributed by atoms with E-state index < -0.39 is 10.0 Å². The fourth-order valence-corrected chi connectivity index (χ4v) is 5.08. The quantitative estimate of drug-likeness (QED) is 0.391. The van der Waals surface area contributed by atoms with Crippen LogP contribution in [0.5, 0.6) is 5.75 Å². The van der Waals surface area contributed by atoms with E-state index in [2.05, 4.69) is 4.98 Å². The maximum absolute atomic E-state index is 13.6. The Labute approximate surface area is 195 Å². The molecule has 8 heteroatoms. The Morgan fingerprint density at radius 1 is 1.03 bits per heavy atom. The fraction of sp³-hybridized carbons (Fsp3) is 0.280. The summed E-state index contributed by atoms with van der Waals surface area (Å²) in [5.41, 5.74) is 3.45. The van der Waals surface area contributed by atoms with E-state index in [1.54, 1.807) is 36.7 Å². The summed E-state index contributed by atoms with van der Waals surface area (Å²) in [5, 5.41) is 0. The standard InChI is InChI=1S/C25H28N2O5S/c1-19-4-9-25(21(3)14-19)27(15-20(2)16-31-18-28)33(29,30)24-7-5-23(6-8-24)32-17-22-10-12-26-13-11-22/h4-14,18,20H,15-17H2,1-3H3. The van der Waals surface area contributed by atoms with Crippen molar-refractivity contribution in [3.05, 3.63) is 83.7 Å². The van der Waals surface area contributed by atoms with Crippen molar-refractivity contribution in [3.8, 4) is 5.75 Å². The lowest BCUT2D eigenvalue weighted by Gasteiger charge is -2.28. The molecule has 3 aromatic rings. The Morgan fingerprint density at radius 2 is 1.73 bits per heavy atom. The van der Waals surface area contributed by atoms with Gasteiger partial charge in [-0.3, -0.25) is 14.1 Å². The highest BCUT2D eigenvalue weighted by Crippen LogP contribution is 2.29. The van der Waals surface area contributed by atoms with Gasteiger partial charge in [0.2, 0.25) is 0 Å². The monoisotopic (exact) mass is 468 g/mol. The Morgan fingerprint density at radius 3 is 2.36 bits per heavy atom. The zero-order chi connectivity index (χ0) is 23.8. The molecule has 1 heterocycles. The van der Waals surface area contributed by atoms with Crippen molar-refractivity contribution in [1.82, 2.24) is 4.98 Å². The highest BCUT2D eigenvalue weighted by Gasteiger charge is 2.28. The van der Waals surface area contributed by atoms with Crippen LogP contribution in [0.1, 0.15) is 23.6 Å². The number of carbonyl (C=O) groups is 1.